The van der Waals surface area contributed by atoms with E-state index >= 15 is 0 Å². The van der Waals surface area contributed by atoms with E-state index in [2.05, 4.69) is 10.3 Å². The lowest BCUT2D eigenvalue weighted by Gasteiger charge is -2.12. The number of amides is 1. The molecule has 2 rings (SSSR count). The van der Waals surface area contributed by atoms with Gasteiger partial charge in [-0.25, -0.2) is 9.78 Å². The van der Waals surface area contributed by atoms with Crippen LogP contribution in [-0.4, -0.2) is 28.5 Å². The highest BCUT2D eigenvalue weighted by Crippen LogP contribution is 2.19. The minimum absolute atomic E-state index is 0.0711. The molecular weight excluding hydrogens is 288 g/mol. The summed E-state index contributed by atoms with van der Waals surface area (Å²) < 4.78 is 0. The summed E-state index contributed by atoms with van der Waals surface area (Å²) in [5.41, 5.74) is 1.55. The zero-order valence-corrected chi connectivity index (χ0v) is 12.7. The second kappa shape index (κ2) is 6.49. The zero-order valence-electron chi connectivity index (χ0n) is 11.8. The largest absolute Gasteiger partial charge is 0.478 e. The monoisotopic (exact) mass is 304 g/mol. The highest BCUT2D eigenvalue weighted by molar-refractivity contribution is 7.09. The van der Waals surface area contributed by atoms with Crippen LogP contribution in [-0.2, 0) is 6.42 Å². The number of rotatable bonds is 5. The number of thiazole rings is 1. The fraction of sp³-hybridized carbons (Fsp3) is 0.267. The Morgan fingerprint density at radius 2 is 1.90 bits per heavy atom. The molecule has 0 aliphatic carbocycles. The van der Waals surface area contributed by atoms with Gasteiger partial charge in [-0.3, -0.25) is 4.79 Å². The Balaban J connectivity index is 2.15. The first-order valence-corrected chi connectivity index (χ1v) is 7.38. The van der Waals surface area contributed by atoms with Gasteiger partial charge >= 0.3 is 5.97 Å². The summed E-state index contributed by atoms with van der Waals surface area (Å²) in [5, 5.41) is 14.9. The molecule has 1 amide bonds. The number of carboxylic acids is 1. The molecule has 5 nitrogen and oxygen atoms in total. The van der Waals surface area contributed by atoms with E-state index in [0.717, 1.165) is 5.01 Å². The fourth-order valence-electron chi connectivity index (χ4n) is 2.13. The Bertz CT molecular complexity index is 666. The molecule has 110 valence electrons. The van der Waals surface area contributed by atoms with Crippen LogP contribution in [0.25, 0.3) is 0 Å². The summed E-state index contributed by atoms with van der Waals surface area (Å²) >= 11 is 1.53. The van der Waals surface area contributed by atoms with Gasteiger partial charge in [-0.05, 0) is 25.0 Å². The predicted molar refractivity (Wildman–Crippen MR) is 81.0 cm³/mol. The van der Waals surface area contributed by atoms with E-state index in [0.29, 0.717) is 24.1 Å². The van der Waals surface area contributed by atoms with E-state index in [1.165, 1.54) is 11.3 Å². The summed E-state index contributed by atoms with van der Waals surface area (Å²) in [6, 6.07) is 3.47. The van der Waals surface area contributed by atoms with Crippen molar-refractivity contribution in [1.29, 1.82) is 0 Å². The normalized spacial score (nSPS) is 10.4. The first kappa shape index (κ1) is 15.2. The standard InChI is InChI=1S/C15H16N2O3S/c1-9-3-4-10(2)13(15(19)20)12(9)14(18)17-6-5-11-16-7-8-21-11/h3-4,7-8H,5-6H2,1-2H3,(H,17,18)(H,19,20). The summed E-state index contributed by atoms with van der Waals surface area (Å²) in [6.45, 7) is 3.86. The number of hydrogen-bond acceptors (Lipinski definition) is 4. The number of aromatic nitrogens is 1. The second-order valence-electron chi connectivity index (χ2n) is 4.69. The van der Waals surface area contributed by atoms with Gasteiger partial charge in [0.05, 0.1) is 16.1 Å². The molecule has 0 saturated carbocycles. The summed E-state index contributed by atoms with van der Waals surface area (Å²) in [6.07, 6.45) is 2.35. The Morgan fingerprint density at radius 3 is 2.48 bits per heavy atom. The first-order chi connectivity index (χ1) is 10.0. The molecule has 2 aromatic rings. The van der Waals surface area contributed by atoms with E-state index in [1.54, 1.807) is 32.2 Å². The van der Waals surface area contributed by atoms with E-state index in [9.17, 15) is 14.7 Å². The molecule has 0 aliphatic rings. The van der Waals surface area contributed by atoms with Gasteiger partial charge < -0.3 is 10.4 Å². The number of nitrogens with zero attached hydrogens (tertiary/aromatic N) is 1. The molecule has 21 heavy (non-hydrogen) atoms. The zero-order chi connectivity index (χ0) is 15.4. The molecule has 0 spiro atoms. The number of hydrogen-bond donors (Lipinski definition) is 2. The summed E-state index contributed by atoms with van der Waals surface area (Å²) in [4.78, 5) is 27.8. The molecule has 6 heteroatoms. The smallest absolute Gasteiger partial charge is 0.336 e. The van der Waals surface area contributed by atoms with Gasteiger partial charge in [-0.15, -0.1) is 11.3 Å². The molecule has 0 saturated heterocycles. The average molecular weight is 304 g/mol. The quantitative estimate of drug-likeness (QED) is 0.889. The van der Waals surface area contributed by atoms with Crippen LogP contribution >= 0.6 is 11.3 Å². The maximum Gasteiger partial charge on any atom is 0.336 e. The van der Waals surface area contributed by atoms with Crippen molar-refractivity contribution < 1.29 is 14.7 Å². The van der Waals surface area contributed by atoms with Gasteiger partial charge in [0.1, 0.15) is 0 Å². The van der Waals surface area contributed by atoms with Crippen molar-refractivity contribution >= 4 is 23.2 Å². The number of carbonyl (C=O) groups excluding carboxylic acids is 1. The van der Waals surface area contributed by atoms with Gasteiger partial charge in [0.2, 0.25) is 0 Å². The topological polar surface area (TPSA) is 79.3 Å². The van der Waals surface area contributed by atoms with Crippen LogP contribution in [0.2, 0.25) is 0 Å². The third-order valence-corrected chi connectivity index (χ3v) is 4.01. The van der Waals surface area contributed by atoms with E-state index in [-0.39, 0.29) is 17.0 Å². The number of aryl methyl sites for hydroxylation is 2. The van der Waals surface area contributed by atoms with Crippen LogP contribution in [0.3, 0.4) is 0 Å². The number of benzene rings is 1. The summed E-state index contributed by atoms with van der Waals surface area (Å²) in [5.74, 6) is -1.44. The van der Waals surface area contributed by atoms with Crippen LogP contribution in [0.5, 0.6) is 0 Å². The molecule has 0 aliphatic heterocycles. The van der Waals surface area contributed by atoms with Gasteiger partial charge in [-0.2, -0.15) is 0 Å². The number of nitrogens with one attached hydrogen (secondary N) is 1. The van der Waals surface area contributed by atoms with Gasteiger partial charge in [0.25, 0.3) is 5.91 Å². The highest BCUT2D eigenvalue weighted by atomic mass is 32.1. The molecule has 0 unspecified atom stereocenters. The van der Waals surface area contributed by atoms with Crippen LogP contribution in [0, 0.1) is 13.8 Å². The fourth-order valence-corrected chi connectivity index (χ4v) is 2.75. The minimum atomic E-state index is -1.08. The molecule has 2 N–H and O–H groups in total. The lowest BCUT2D eigenvalue weighted by atomic mass is 9.96. The molecule has 1 heterocycles. The predicted octanol–water partition coefficient (Wildman–Crippen LogP) is 2.43. The Kier molecular flexibility index (Phi) is 4.70. The summed E-state index contributed by atoms with van der Waals surface area (Å²) in [7, 11) is 0. The van der Waals surface area contributed by atoms with Crippen LogP contribution in [0.4, 0.5) is 0 Å². The Morgan fingerprint density at radius 1 is 1.24 bits per heavy atom. The molecule has 0 bridgehead atoms. The molecule has 0 atom stereocenters. The van der Waals surface area contributed by atoms with Crippen molar-refractivity contribution in [2.24, 2.45) is 0 Å². The van der Waals surface area contributed by atoms with Crippen LogP contribution in [0.1, 0.15) is 36.9 Å². The van der Waals surface area contributed by atoms with Gasteiger partial charge in [0.15, 0.2) is 0 Å². The van der Waals surface area contributed by atoms with Crippen molar-refractivity contribution in [3.63, 3.8) is 0 Å². The van der Waals surface area contributed by atoms with Crippen molar-refractivity contribution in [3.8, 4) is 0 Å². The Hall–Kier alpha value is -2.21. The third kappa shape index (κ3) is 3.46. The molecule has 0 fully saturated rings. The second-order valence-corrected chi connectivity index (χ2v) is 5.67. The SMILES string of the molecule is Cc1ccc(C)c(C(=O)NCCc2nccs2)c1C(=O)O. The minimum Gasteiger partial charge on any atom is -0.478 e. The lowest BCUT2D eigenvalue weighted by Crippen LogP contribution is -2.28. The van der Waals surface area contributed by atoms with Gasteiger partial charge in [-0.1, -0.05) is 12.1 Å². The van der Waals surface area contributed by atoms with E-state index in [1.807, 2.05) is 5.38 Å². The molecular formula is C15H16N2O3S. The number of carbonyl (C=O) groups is 2. The van der Waals surface area contributed by atoms with E-state index < -0.39 is 5.97 Å². The number of aromatic carboxylic acids is 1. The van der Waals surface area contributed by atoms with Crippen LogP contribution < -0.4 is 5.32 Å². The van der Waals surface area contributed by atoms with Crippen molar-refractivity contribution in [1.82, 2.24) is 10.3 Å². The highest BCUT2D eigenvalue weighted by Gasteiger charge is 2.20. The molecule has 1 aromatic heterocycles. The molecule has 0 radical (unpaired) electrons. The van der Waals surface area contributed by atoms with Gasteiger partial charge in [0, 0.05) is 24.5 Å². The Labute approximate surface area is 126 Å². The maximum atomic E-state index is 12.3. The van der Waals surface area contributed by atoms with Crippen molar-refractivity contribution in [3.05, 3.63) is 51.0 Å². The first-order valence-electron chi connectivity index (χ1n) is 6.50. The lowest BCUT2D eigenvalue weighted by molar-refractivity contribution is 0.0690. The van der Waals surface area contributed by atoms with Crippen molar-refractivity contribution in [2.45, 2.75) is 20.3 Å². The van der Waals surface area contributed by atoms with Crippen molar-refractivity contribution in [2.75, 3.05) is 6.54 Å². The average Bonchev–Trinajstić information content (AvgIpc) is 2.93. The third-order valence-electron chi connectivity index (χ3n) is 3.17. The molecule has 1 aromatic carbocycles. The number of carboxylic acid groups (broad SMARTS) is 1. The van der Waals surface area contributed by atoms with Crippen LogP contribution in [0.15, 0.2) is 23.7 Å². The maximum absolute atomic E-state index is 12.3. The van der Waals surface area contributed by atoms with E-state index in [4.69, 9.17) is 0 Å².